The number of ketones is 1. The van der Waals surface area contributed by atoms with E-state index in [1.54, 1.807) is 0 Å². The van der Waals surface area contributed by atoms with Crippen LogP contribution >= 0.6 is 11.6 Å². The summed E-state index contributed by atoms with van der Waals surface area (Å²) in [6, 6.07) is 7.91. The lowest BCUT2D eigenvalue weighted by Gasteiger charge is -2.40. The van der Waals surface area contributed by atoms with Crippen molar-refractivity contribution in [2.45, 2.75) is 57.1 Å². The van der Waals surface area contributed by atoms with Crippen LogP contribution in [0.1, 0.15) is 56.7 Å². The lowest BCUT2D eigenvalue weighted by molar-refractivity contribution is -0.136. The molecule has 2 aliphatic heterocycles. The monoisotopic (exact) mass is 444 g/mol. The Labute approximate surface area is 190 Å². The summed E-state index contributed by atoms with van der Waals surface area (Å²) in [6.07, 6.45) is 1.06. The molecule has 0 N–H and O–H groups in total. The van der Waals surface area contributed by atoms with E-state index in [1.807, 2.05) is 23.9 Å². The highest BCUT2D eigenvalue weighted by atomic mass is 35.5. The molecule has 3 aliphatic rings. The Morgan fingerprint density at radius 2 is 1.84 bits per heavy atom. The first kappa shape index (κ1) is 22.3. The first-order valence-electron chi connectivity index (χ1n) is 11.3. The molecule has 0 aromatic heterocycles. The molecule has 6 heteroatoms. The SMILES string of the molecule is CC(C)c1ccc(C2C3=C(OC4CC(C)C(Cl)CC4C3=O)C(=O)N2CCN(C)C)cc1. The highest BCUT2D eigenvalue weighted by Gasteiger charge is 2.53. The van der Waals surface area contributed by atoms with Gasteiger partial charge in [-0.05, 0) is 49.9 Å². The van der Waals surface area contributed by atoms with Crippen LogP contribution in [0.2, 0.25) is 0 Å². The summed E-state index contributed by atoms with van der Waals surface area (Å²) >= 11 is 6.53. The first-order chi connectivity index (χ1) is 14.7. The molecule has 0 saturated heterocycles. The second-order valence-electron chi connectivity index (χ2n) is 9.86. The molecule has 5 unspecified atom stereocenters. The molecule has 4 rings (SSSR count). The summed E-state index contributed by atoms with van der Waals surface area (Å²) in [4.78, 5) is 31.0. The fourth-order valence-electron chi connectivity index (χ4n) is 5.01. The van der Waals surface area contributed by atoms with Crippen molar-refractivity contribution in [1.29, 1.82) is 0 Å². The lowest BCUT2D eigenvalue weighted by Crippen LogP contribution is -2.44. The fourth-order valence-corrected chi connectivity index (χ4v) is 5.31. The van der Waals surface area contributed by atoms with Gasteiger partial charge in [0.1, 0.15) is 6.10 Å². The number of hydrogen-bond acceptors (Lipinski definition) is 4. The zero-order valence-electron chi connectivity index (χ0n) is 19.1. The quantitative estimate of drug-likeness (QED) is 0.641. The molecule has 1 fully saturated rings. The number of likely N-dealkylation sites (N-methyl/N-ethyl adjacent to an activating group) is 1. The van der Waals surface area contributed by atoms with E-state index in [4.69, 9.17) is 16.3 Å². The van der Waals surface area contributed by atoms with Crippen LogP contribution in [0.15, 0.2) is 35.6 Å². The summed E-state index contributed by atoms with van der Waals surface area (Å²) in [5, 5.41) is -0.0401. The number of Topliss-reactive ketones (excluding diaryl/α,β-unsaturated/α-hetero) is 1. The third-order valence-electron chi connectivity index (χ3n) is 7.01. The number of amides is 1. The molecule has 2 heterocycles. The van der Waals surface area contributed by atoms with Crippen LogP contribution in [0, 0.1) is 11.8 Å². The summed E-state index contributed by atoms with van der Waals surface area (Å²) in [5.41, 5.74) is 2.73. The number of ether oxygens (including phenoxy) is 1. The number of nitrogens with zero attached hydrogens (tertiary/aromatic N) is 2. The fraction of sp³-hybridized carbons (Fsp3) is 0.600. The summed E-state index contributed by atoms with van der Waals surface area (Å²) in [6.45, 7) is 7.65. The molecule has 1 aromatic carbocycles. The summed E-state index contributed by atoms with van der Waals surface area (Å²) in [7, 11) is 3.97. The number of carbonyl (C=O) groups is 2. The van der Waals surface area contributed by atoms with Crippen LogP contribution in [0.25, 0.3) is 0 Å². The van der Waals surface area contributed by atoms with Crippen molar-refractivity contribution in [2.75, 3.05) is 27.2 Å². The topological polar surface area (TPSA) is 49.9 Å². The van der Waals surface area contributed by atoms with Gasteiger partial charge in [-0.2, -0.15) is 0 Å². The number of halogens is 1. The van der Waals surface area contributed by atoms with Gasteiger partial charge in [0.15, 0.2) is 11.5 Å². The van der Waals surface area contributed by atoms with E-state index >= 15 is 0 Å². The number of carbonyl (C=O) groups excluding carboxylic acids is 2. The second-order valence-corrected chi connectivity index (χ2v) is 10.4. The molecular weight excluding hydrogens is 412 g/mol. The van der Waals surface area contributed by atoms with Gasteiger partial charge < -0.3 is 14.5 Å². The van der Waals surface area contributed by atoms with Gasteiger partial charge in [0.2, 0.25) is 0 Å². The maximum absolute atomic E-state index is 13.7. The van der Waals surface area contributed by atoms with Gasteiger partial charge in [-0.1, -0.05) is 45.0 Å². The third kappa shape index (κ3) is 4.03. The van der Waals surface area contributed by atoms with Crippen LogP contribution in [0.4, 0.5) is 0 Å². The van der Waals surface area contributed by atoms with Gasteiger partial charge in [-0.15, -0.1) is 11.6 Å². The van der Waals surface area contributed by atoms with E-state index in [0.717, 1.165) is 5.56 Å². The minimum atomic E-state index is -0.398. The Hall–Kier alpha value is -1.85. The van der Waals surface area contributed by atoms with Crippen molar-refractivity contribution in [1.82, 2.24) is 9.80 Å². The Balaban J connectivity index is 1.73. The summed E-state index contributed by atoms with van der Waals surface area (Å²) in [5.74, 6) is 0.562. The Morgan fingerprint density at radius 3 is 2.45 bits per heavy atom. The summed E-state index contributed by atoms with van der Waals surface area (Å²) < 4.78 is 6.26. The lowest BCUT2D eigenvalue weighted by atomic mass is 9.74. The standard InChI is InChI=1S/C25H33ClN2O3/c1-14(2)16-6-8-17(9-7-16)22-21-23(29)18-13-19(26)15(3)12-20(18)31-24(21)25(30)28(22)11-10-27(4)5/h6-9,14-15,18-20,22H,10-13H2,1-5H3. The molecule has 0 radical (unpaired) electrons. The van der Waals surface area contributed by atoms with Crippen LogP contribution in [0.3, 0.4) is 0 Å². The average molecular weight is 445 g/mol. The van der Waals surface area contributed by atoms with Crippen molar-refractivity contribution >= 4 is 23.3 Å². The van der Waals surface area contributed by atoms with Gasteiger partial charge in [-0.3, -0.25) is 9.59 Å². The van der Waals surface area contributed by atoms with Gasteiger partial charge in [-0.25, -0.2) is 0 Å². The van der Waals surface area contributed by atoms with E-state index in [1.165, 1.54) is 5.56 Å². The van der Waals surface area contributed by atoms with Gasteiger partial charge >= 0.3 is 0 Å². The Morgan fingerprint density at radius 1 is 1.16 bits per heavy atom. The molecule has 0 spiro atoms. The Bertz CT molecular complexity index is 893. The van der Waals surface area contributed by atoms with E-state index in [-0.39, 0.29) is 40.8 Å². The normalized spacial score (nSPS) is 30.7. The van der Waals surface area contributed by atoms with Gasteiger partial charge in [0, 0.05) is 18.5 Å². The van der Waals surface area contributed by atoms with Crippen molar-refractivity contribution in [3.8, 4) is 0 Å². The number of hydrogen-bond donors (Lipinski definition) is 0. The molecule has 1 saturated carbocycles. The highest BCUT2D eigenvalue weighted by Crippen LogP contribution is 2.48. The predicted octanol–water partition coefficient (Wildman–Crippen LogP) is 4.13. The zero-order valence-corrected chi connectivity index (χ0v) is 19.9. The molecule has 168 valence electrons. The molecule has 1 aromatic rings. The molecular formula is C25H33ClN2O3. The van der Waals surface area contributed by atoms with E-state index in [2.05, 4.69) is 45.0 Å². The van der Waals surface area contributed by atoms with Crippen LogP contribution in [-0.2, 0) is 14.3 Å². The molecule has 31 heavy (non-hydrogen) atoms. The van der Waals surface area contributed by atoms with E-state index < -0.39 is 6.04 Å². The first-order valence-corrected chi connectivity index (χ1v) is 11.8. The molecule has 1 aliphatic carbocycles. The van der Waals surface area contributed by atoms with Crippen molar-refractivity contribution in [2.24, 2.45) is 11.8 Å². The van der Waals surface area contributed by atoms with E-state index in [9.17, 15) is 9.59 Å². The number of fused-ring (bicyclic) bond motifs is 1. The molecule has 5 nitrogen and oxygen atoms in total. The molecule has 5 atom stereocenters. The average Bonchev–Trinajstić information content (AvgIpc) is 3.00. The van der Waals surface area contributed by atoms with Gasteiger partial charge in [0.05, 0.1) is 17.5 Å². The molecule has 0 bridgehead atoms. The number of rotatable bonds is 5. The van der Waals surface area contributed by atoms with Crippen molar-refractivity contribution in [3.05, 3.63) is 46.7 Å². The minimum Gasteiger partial charge on any atom is -0.483 e. The second kappa shape index (κ2) is 8.59. The maximum atomic E-state index is 13.7. The largest absolute Gasteiger partial charge is 0.483 e. The highest BCUT2D eigenvalue weighted by molar-refractivity contribution is 6.21. The van der Waals surface area contributed by atoms with E-state index in [0.29, 0.717) is 37.4 Å². The minimum absolute atomic E-state index is 0.0401. The van der Waals surface area contributed by atoms with Crippen molar-refractivity contribution < 1.29 is 14.3 Å². The maximum Gasteiger partial charge on any atom is 0.290 e. The molecule has 1 amide bonds. The third-order valence-corrected chi connectivity index (χ3v) is 7.62. The van der Waals surface area contributed by atoms with Crippen LogP contribution in [0.5, 0.6) is 0 Å². The smallest absolute Gasteiger partial charge is 0.290 e. The number of alkyl halides is 1. The predicted molar refractivity (Wildman–Crippen MR) is 122 cm³/mol. The Kier molecular flexibility index (Phi) is 6.19. The van der Waals surface area contributed by atoms with Crippen LogP contribution < -0.4 is 0 Å². The van der Waals surface area contributed by atoms with Gasteiger partial charge in [0.25, 0.3) is 5.91 Å². The van der Waals surface area contributed by atoms with Crippen LogP contribution in [-0.4, -0.2) is 60.2 Å². The zero-order chi connectivity index (χ0) is 22.4. The van der Waals surface area contributed by atoms with Crippen molar-refractivity contribution in [3.63, 3.8) is 0 Å². The number of benzene rings is 1.